The number of allylic oxidation sites excluding steroid dienone is 5. The molecule has 0 aromatic carbocycles. The average Bonchev–Trinajstić information content (AvgIpc) is 2.50. The van der Waals surface area contributed by atoms with Crippen LogP contribution >= 0.6 is 0 Å². The molecule has 0 amide bonds. The van der Waals surface area contributed by atoms with E-state index in [2.05, 4.69) is 19.1 Å². The molecular formula is C18H29NO4. The minimum Gasteiger partial charge on any atom is -0.481 e. The maximum absolute atomic E-state index is 11.0. The summed E-state index contributed by atoms with van der Waals surface area (Å²) in [5.41, 5.74) is 0.256. The number of nitro groups is 1. The first kappa shape index (κ1) is 21.1. The molecule has 0 bridgehead atoms. The van der Waals surface area contributed by atoms with Crippen LogP contribution in [0.25, 0.3) is 0 Å². The Morgan fingerprint density at radius 3 is 2.35 bits per heavy atom. The molecule has 0 fully saturated rings. The van der Waals surface area contributed by atoms with Gasteiger partial charge in [-0.15, -0.1) is 0 Å². The smallest absolute Gasteiger partial charge is 0.303 e. The maximum Gasteiger partial charge on any atom is 0.303 e. The van der Waals surface area contributed by atoms with Gasteiger partial charge in [0.2, 0.25) is 5.70 Å². The van der Waals surface area contributed by atoms with Crippen molar-refractivity contribution in [3.05, 3.63) is 46.2 Å². The molecule has 0 unspecified atom stereocenters. The van der Waals surface area contributed by atoms with Gasteiger partial charge in [0.15, 0.2) is 0 Å². The highest BCUT2D eigenvalue weighted by Crippen LogP contribution is 2.11. The molecule has 0 saturated heterocycles. The highest BCUT2D eigenvalue weighted by Gasteiger charge is 2.06. The van der Waals surface area contributed by atoms with E-state index in [9.17, 15) is 14.9 Å². The fourth-order valence-corrected chi connectivity index (χ4v) is 2.09. The lowest BCUT2D eigenvalue weighted by Gasteiger charge is -1.99. The van der Waals surface area contributed by atoms with Crippen LogP contribution in [0.15, 0.2) is 36.1 Å². The molecule has 0 aromatic rings. The van der Waals surface area contributed by atoms with Crippen molar-refractivity contribution in [2.24, 2.45) is 0 Å². The molecule has 0 aliphatic heterocycles. The Kier molecular flexibility index (Phi) is 13.8. The Balaban J connectivity index is 3.88. The summed E-state index contributed by atoms with van der Waals surface area (Å²) in [4.78, 5) is 21.0. The average molecular weight is 323 g/mol. The second-order valence-corrected chi connectivity index (χ2v) is 5.44. The Labute approximate surface area is 138 Å². The van der Waals surface area contributed by atoms with Crippen LogP contribution in [0.5, 0.6) is 0 Å². The first-order valence-corrected chi connectivity index (χ1v) is 8.43. The van der Waals surface area contributed by atoms with Crippen LogP contribution in [0.1, 0.15) is 71.1 Å². The minimum atomic E-state index is -0.748. The number of rotatable bonds is 14. The van der Waals surface area contributed by atoms with E-state index in [0.29, 0.717) is 19.3 Å². The van der Waals surface area contributed by atoms with E-state index in [1.807, 2.05) is 12.2 Å². The van der Waals surface area contributed by atoms with Gasteiger partial charge in [0.25, 0.3) is 0 Å². The molecule has 0 radical (unpaired) electrons. The van der Waals surface area contributed by atoms with Gasteiger partial charge in [-0.25, -0.2) is 0 Å². The molecule has 5 heteroatoms. The summed E-state index contributed by atoms with van der Waals surface area (Å²) in [7, 11) is 0. The number of carboxylic acid groups (broad SMARTS) is 1. The molecule has 0 atom stereocenters. The third-order valence-corrected chi connectivity index (χ3v) is 3.38. The van der Waals surface area contributed by atoms with Crippen molar-refractivity contribution in [2.75, 3.05) is 0 Å². The molecule has 0 aliphatic rings. The van der Waals surface area contributed by atoms with Crippen molar-refractivity contribution >= 4 is 5.97 Å². The normalized spacial score (nSPS) is 12.3. The van der Waals surface area contributed by atoms with Gasteiger partial charge < -0.3 is 5.11 Å². The van der Waals surface area contributed by atoms with Crippen LogP contribution in [0.4, 0.5) is 0 Å². The molecule has 0 rings (SSSR count). The summed E-state index contributed by atoms with van der Waals surface area (Å²) in [5.74, 6) is -0.748. The van der Waals surface area contributed by atoms with Crippen molar-refractivity contribution < 1.29 is 14.8 Å². The van der Waals surface area contributed by atoms with Gasteiger partial charge in [-0.2, -0.15) is 0 Å². The monoisotopic (exact) mass is 323 g/mol. The molecule has 1 N–H and O–H groups in total. The highest BCUT2D eigenvalue weighted by molar-refractivity contribution is 5.66. The number of aliphatic carboxylic acids is 1. The molecule has 23 heavy (non-hydrogen) atoms. The Morgan fingerprint density at radius 1 is 1.04 bits per heavy atom. The third-order valence-electron chi connectivity index (χ3n) is 3.38. The molecule has 0 aliphatic carbocycles. The van der Waals surface area contributed by atoms with Gasteiger partial charge in [0.1, 0.15) is 0 Å². The SMILES string of the molecule is CC/C=C\C/C=C\C/C(=C\CCCCCCCC(=O)O)[N+](=O)[O-]. The summed E-state index contributed by atoms with van der Waals surface area (Å²) < 4.78 is 0. The lowest BCUT2D eigenvalue weighted by atomic mass is 10.1. The van der Waals surface area contributed by atoms with Gasteiger partial charge in [0, 0.05) is 6.42 Å². The molecule has 0 spiro atoms. The largest absolute Gasteiger partial charge is 0.481 e. The van der Waals surface area contributed by atoms with Crippen molar-refractivity contribution in [1.29, 1.82) is 0 Å². The predicted octanol–water partition coefficient (Wildman–Crippen LogP) is 5.26. The summed E-state index contributed by atoms with van der Waals surface area (Å²) in [5, 5.41) is 19.5. The van der Waals surface area contributed by atoms with Crippen LogP contribution in [0, 0.1) is 10.1 Å². The van der Waals surface area contributed by atoms with Crippen LogP contribution in [-0.2, 0) is 4.79 Å². The Morgan fingerprint density at radius 2 is 1.70 bits per heavy atom. The van der Waals surface area contributed by atoms with Crippen molar-refractivity contribution in [3.8, 4) is 0 Å². The first-order chi connectivity index (χ1) is 11.1. The highest BCUT2D eigenvalue weighted by atomic mass is 16.6. The maximum atomic E-state index is 11.0. The third kappa shape index (κ3) is 14.8. The van der Waals surface area contributed by atoms with E-state index in [4.69, 9.17) is 5.11 Å². The molecule has 5 nitrogen and oxygen atoms in total. The lowest BCUT2D eigenvalue weighted by Crippen LogP contribution is -1.97. The van der Waals surface area contributed by atoms with E-state index in [1.54, 1.807) is 6.08 Å². The molecule has 0 saturated carbocycles. The molecule has 0 heterocycles. The van der Waals surface area contributed by atoms with E-state index < -0.39 is 5.97 Å². The standard InChI is InChI=1S/C18H29NO4/c1-2-3-4-5-8-11-14-17(19(22)23)15-12-9-6-7-10-13-16-18(20)21/h3-4,8,11,15H,2,5-7,9-10,12-14,16H2,1H3,(H,20,21)/b4-3-,11-8-,17-15+. The number of nitrogens with zero attached hydrogens (tertiary/aromatic N) is 1. The van der Waals surface area contributed by atoms with Gasteiger partial charge in [-0.1, -0.05) is 50.5 Å². The zero-order valence-corrected chi connectivity index (χ0v) is 14.1. The molecular weight excluding hydrogens is 294 g/mol. The quantitative estimate of drug-likeness (QED) is 0.204. The molecule has 0 aromatic heterocycles. The second kappa shape index (κ2) is 15.0. The summed E-state index contributed by atoms with van der Waals surface area (Å²) in [6.45, 7) is 2.07. The van der Waals surface area contributed by atoms with E-state index in [1.165, 1.54) is 0 Å². The second-order valence-electron chi connectivity index (χ2n) is 5.44. The topological polar surface area (TPSA) is 80.4 Å². The van der Waals surface area contributed by atoms with Gasteiger partial charge >= 0.3 is 5.97 Å². The van der Waals surface area contributed by atoms with Crippen LogP contribution in [-0.4, -0.2) is 16.0 Å². The fraction of sp³-hybridized carbons (Fsp3) is 0.611. The van der Waals surface area contributed by atoms with Crippen molar-refractivity contribution in [2.45, 2.75) is 71.1 Å². The number of hydrogen-bond donors (Lipinski definition) is 1. The van der Waals surface area contributed by atoms with Crippen molar-refractivity contribution in [3.63, 3.8) is 0 Å². The fourth-order valence-electron chi connectivity index (χ4n) is 2.09. The Bertz CT molecular complexity index is 425. The summed E-state index contributed by atoms with van der Waals surface area (Å²) in [6.07, 6.45) is 17.3. The Hall–Kier alpha value is -1.91. The van der Waals surface area contributed by atoms with Gasteiger partial charge in [-0.3, -0.25) is 14.9 Å². The number of carboxylic acids is 1. The van der Waals surface area contributed by atoms with E-state index in [-0.39, 0.29) is 17.0 Å². The van der Waals surface area contributed by atoms with Crippen LogP contribution in [0.2, 0.25) is 0 Å². The lowest BCUT2D eigenvalue weighted by molar-refractivity contribution is -0.427. The van der Waals surface area contributed by atoms with Crippen LogP contribution < -0.4 is 0 Å². The number of carbonyl (C=O) groups is 1. The molecule has 130 valence electrons. The first-order valence-electron chi connectivity index (χ1n) is 8.43. The van der Waals surface area contributed by atoms with Crippen molar-refractivity contribution in [1.82, 2.24) is 0 Å². The van der Waals surface area contributed by atoms with Gasteiger partial charge in [-0.05, 0) is 38.2 Å². The number of unbranched alkanes of at least 4 members (excludes halogenated alkanes) is 5. The number of hydrogen-bond acceptors (Lipinski definition) is 3. The van der Waals surface area contributed by atoms with E-state index in [0.717, 1.165) is 38.5 Å². The zero-order valence-electron chi connectivity index (χ0n) is 14.1. The zero-order chi connectivity index (χ0) is 17.3. The van der Waals surface area contributed by atoms with Crippen LogP contribution in [0.3, 0.4) is 0 Å². The summed E-state index contributed by atoms with van der Waals surface area (Å²) in [6, 6.07) is 0. The predicted molar refractivity (Wildman–Crippen MR) is 92.8 cm³/mol. The van der Waals surface area contributed by atoms with E-state index >= 15 is 0 Å². The minimum absolute atomic E-state index is 0.227. The van der Waals surface area contributed by atoms with Gasteiger partial charge in [0.05, 0.1) is 11.3 Å². The summed E-state index contributed by atoms with van der Waals surface area (Å²) >= 11 is 0.